The molecular weight excluding hydrogens is 387 g/mol. The highest BCUT2D eigenvalue weighted by Gasteiger charge is 2.22. The molecule has 26 heavy (non-hydrogen) atoms. The van der Waals surface area contributed by atoms with Gasteiger partial charge in [0.2, 0.25) is 5.52 Å². The predicted octanol–water partition coefficient (Wildman–Crippen LogP) is 2.08. The molecule has 0 bridgehead atoms. The van der Waals surface area contributed by atoms with Gasteiger partial charge in [0.05, 0.1) is 5.69 Å². The minimum absolute atomic E-state index is 0. The Bertz CT molecular complexity index is 1040. The first kappa shape index (κ1) is 18.8. The summed E-state index contributed by atoms with van der Waals surface area (Å²) in [4.78, 5) is 2.07. The number of aromatic nitrogens is 1. The molecule has 0 spiro atoms. The number of rotatable bonds is 2. The number of halogens is 2. The maximum absolute atomic E-state index is 6.10. The lowest BCUT2D eigenvalue weighted by atomic mass is 10.2. The number of fused-ring (bicyclic) bond motifs is 2. The van der Waals surface area contributed by atoms with Gasteiger partial charge in [-0.05, 0) is 48.9 Å². The van der Waals surface area contributed by atoms with Gasteiger partial charge in [-0.15, -0.1) is 0 Å². The Balaban J connectivity index is 0.00000196. The lowest BCUT2D eigenvalue weighted by Crippen LogP contribution is -3.00. The Morgan fingerprint density at radius 1 is 1.19 bits per heavy atom. The van der Waals surface area contributed by atoms with Crippen LogP contribution in [-0.2, 0) is 7.05 Å². The van der Waals surface area contributed by atoms with Crippen molar-refractivity contribution in [3.63, 3.8) is 0 Å². The molecule has 1 aliphatic heterocycles. The molecule has 0 fully saturated rings. The standard InChI is InChI=1S/C20H18ClN2OS.ClH/c1-13-7-9-17-15(11-13)22(2)19(24-17)5-4-6-20-23(3)16-12-14(21)8-10-18(16)25-20;/h4-12H,1-3H3;1H/q+1;/p-1. The minimum atomic E-state index is 0. The molecule has 2 aromatic carbocycles. The van der Waals surface area contributed by atoms with Crippen LogP contribution < -0.4 is 26.6 Å². The van der Waals surface area contributed by atoms with E-state index in [0.29, 0.717) is 0 Å². The highest BCUT2D eigenvalue weighted by Crippen LogP contribution is 2.38. The van der Waals surface area contributed by atoms with Gasteiger partial charge in [0.25, 0.3) is 5.01 Å². The Hall–Kier alpha value is -2.01. The van der Waals surface area contributed by atoms with E-state index < -0.39 is 0 Å². The van der Waals surface area contributed by atoms with Gasteiger partial charge in [-0.25, -0.2) is 0 Å². The van der Waals surface area contributed by atoms with Crippen molar-refractivity contribution in [3.05, 3.63) is 70.0 Å². The van der Waals surface area contributed by atoms with Gasteiger partial charge in [-0.3, -0.25) is 0 Å². The van der Waals surface area contributed by atoms with Crippen molar-refractivity contribution >= 4 is 44.9 Å². The van der Waals surface area contributed by atoms with Crippen molar-refractivity contribution in [2.24, 2.45) is 7.05 Å². The molecule has 0 N–H and O–H groups in total. The normalized spacial score (nSPS) is 14.8. The second-order valence-corrected chi connectivity index (χ2v) is 7.61. The fourth-order valence-electron chi connectivity index (χ4n) is 2.92. The van der Waals surface area contributed by atoms with Crippen molar-refractivity contribution in [2.45, 2.75) is 6.92 Å². The molecule has 0 radical (unpaired) electrons. The maximum Gasteiger partial charge on any atom is 0.262 e. The van der Waals surface area contributed by atoms with E-state index in [1.54, 1.807) is 11.3 Å². The van der Waals surface area contributed by atoms with E-state index in [4.69, 9.17) is 16.3 Å². The molecule has 134 valence electrons. The third-order valence-corrected chi connectivity index (χ3v) is 5.75. The van der Waals surface area contributed by atoms with Crippen LogP contribution in [0.5, 0.6) is 5.75 Å². The first-order chi connectivity index (χ1) is 12.0. The number of hydrogen-bond acceptors (Lipinski definition) is 3. The number of nitrogens with zero attached hydrogens (tertiary/aromatic N) is 2. The van der Waals surface area contributed by atoms with E-state index in [9.17, 15) is 0 Å². The van der Waals surface area contributed by atoms with Gasteiger partial charge in [-0.1, -0.05) is 29.0 Å². The number of allylic oxidation sites excluding steroid dienone is 2. The second kappa shape index (κ2) is 7.31. The van der Waals surface area contributed by atoms with E-state index in [2.05, 4.69) is 47.7 Å². The van der Waals surface area contributed by atoms with Crippen LogP contribution in [0.1, 0.15) is 10.6 Å². The second-order valence-electron chi connectivity index (χ2n) is 6.11. The van der Waals surface area contributed by atoms with E-state index in [1.165, 1.54) is 10.3 Å². The number of ether oxygens (including phenoxy) is 1. The number of anilines is 1. The molecule has 0 saturated heterocycles. The Morgan fingerprint density at radius 3 is 2.81 bits per heavy atom. The molecule has 0 saturated carbocycles. The summed E-state index contributed by atoms with van der Waals surface area (Å²) in [7, 11) is 4.07. The highest BCUT2D eigenvalue weighted by molar-refractivity contribution is 7.18. The SMILES string of the molecule is Cc1ccc2c(c1)N(C)/C(=C/C=C/c1sc3ccc(Cl)cc3[n+]1C)O2.[Cl-]. The number of aryl methyl sites for hydroxylation is 2. The minimum Gasteiger partial charge on any atom is -1.00 e. The van der Waals surface area contributed by atoms with E-state index in [-0.39, 0.29) is 12.4 Å². The van der Waals surface area contributed by atoms with Gasteiger partial charge in [0, 0.05) is 24.2 Å². The topological polar surface area (TPSA) is 16.4 Å². The van der Waals surface area contributed by atoms with Crippen LogP contribution in [0.3, 0.4) is 0 Å². The summed E-state index contributed by atoms with van der Waals surface area (Å²) in [5.74, 6) is 1.72. The number of benzene rings is 2. The first-order valence-electron chi connectivity index (χ1n) is 8.01. The zero-order valence-corrected chi connectivity index (χ0v) is 17.0. The summed E-state index contributed by atoms with van der Waals surface area (Å²) < 4.78 is 9.30. The summed E-state index contributed by atoms with van der Waals surface area (Å²) in [6.45, 7) is 2.09. The summed E-state index contributed by atoms with van der Waals surface area (Å²) >= 11 is 7.84. The molecule has 3 aromatic rings. The fraction of sp³-hybridized carbons (Fsp3) is 0.150. The predicted molar refractivity (Wildman–Crippen MR) is 105 cm³/mol. The molecule has 1 aromatic heterocycles. The fourth-order valence-corrected chi connectivity index (χ4v) is 4.13. The molecule has 0 atom stereocenters. The number of thiazole rings is 1. The smallest absolute Gasteiger partial charge is 0.262 e. The molecule has 4 rings (SSSR count). The van der Waals surface area contributed by atoms with E-state index in [1.807, 2.05) is 37.4 Å². The molecule has 0 unspecified atom stereocenters. The van der Waals surface area contributed by atoms with Gasteiger partial charge < -0.3 is 22.0 Å². The van der Waals surface area contributed by atoms with Crippen molar-refractivity contribution in [1.82, 2.24) is 0 Å². The Kier molecular flexibility index (Phi) is 5.28. The number of hydrogen-bond donors (Lipinski definition) is 0. The van der Waals surface area contributed by atoms with Crippen molar-refractivity contribution < 1.29 is 21.7 Å². The van der Waals surface area contributed by atoms with Crippen LogP contribution in [0.2, 0.25) is 5.02 Å². The molecule has 0 aliphatic carbocycles. The summed E-state index contributed by atoms with van der Waals surface area (Å²) in [6.07, 6.45) is 6.11. The lowest BCUT2D eigenvalue weighted by Gasteiger charge is -2.10. The van der Waals surface area contributed by atoms with Gasteiger partial charge in [0.15, 0.2) is 11.6 Å². The van der Waals surface area contributed by atoms with Gasteiger partial charge in [-0.2, -0.15) is 4.57 Å². The first-order valence-corrected chi connectivity index (χ1v) is 9.21. The highest BCUT2D eigenvalue weighted by atomic mass is 35.5. The molecule has 2 heterocycles. The monoisotopic (exact) mass is 404 g/mol. The van der Waals surface area contributed by atoms with Crippen LogP contribution in [0, 0.1) is 6.92 Å². The summed E-state index contributed by atoms with van der Waals surface area (Å²) in [5.41, 5.74) is 3.46. The van der Waals surface area contributed by atoms with Crippen LogP contribution in [-0.4, -0.2) is 7.05 Å². The molecular formula is C20H18Cl2N2OS. The van der Waals surface area contributed by atoms with Crippen LogP contribution in [0.25, 0.3) is 16.3 Å². The van der Waals surface area contributed by atoms with Gasteiger partial charge in [0.1, 0.15) is 11.7 Å². The van der Waals surface area contributed by atoms with Crippen molar-refractivity contribution in [1.29, 1.82) is 0 Å². The third-order valence-electron chi connectivity index (χ3n) is 4.33. The average molecular weight is 405 g/mol. The van der Waals surface area contributed by atoms with Crippen LogP contribution in [0.4, 0.5) is 5.69 Å². The zero-order valence-electron chi connectivity index (χ0n) is 14.7. The van der Waals surface area contributed by atoms with Gasteiger partial charge >= 0.3 is 0 Å². The third kappa shape index (κ3) is 3.32. The molecule has 6 heteroatoms. The van der Waals surface area contributed by atoms with Crippen LogP contribution >= 0.6 is 22.9 Å². The lowest BCUT2D eigenvalue weighted by molar-refractivity contribution is -0.642. The van der Waals surface area contributed by atoms with E-state index >= 15 is 0 Å². The quantitative estimate of drug-likeness (QED) is 0.607. The van der Waals surface area contributed by atoms with Crippen molar-refractivity contribution in [3.8, 4) is 5.75 Å². The average Bonchev–Trinajstić information content (AvgIpc) is 3.06. The Labute approximate surface area is 168 Å². The van der Waals surface area contributed by atoms with Crippen molar-refractivity contribution in [2.75, 3.05) is 11.9 Å². The molecule has 3 nitrogen and oxygen atoms in total. The Morgan fingerprint density at radius 2 is 2.00 bits per heavy atom. The van der Waals surface area contributed by atoms with Crippen LogP contribution in [0.15, 0.2) is 54.4 Å². The molecule has 1 aliphatic rings. The van der Waals surface area contributed by atoms with E-state index in [0.717, 1.165) is 32.9 Å². The maximum atomic E-state index is 6.10. The zero-order chi connectivity index (χ0) is 17.6. The molecule has 0 amide bonds. The largest absolute Gasteiger partial charge is 1.00 e. The summed E-state index contributed by atoms with van der Waals surface area (Å²) in [6, 6.07) is 12.2. The summed E-state index contributed by atoms with van der Waals surface area (Å²) in [5, 5.41) is 1.91.